The third-order valence-corrected chi connectivity index (χ3v) is 4.99. The first-order valence-corrected chi connectivity index (χ1v) is 9.44. The maximum absolute atomic E-state index is 13.4. The zero-order valence-electron chi connectivity index (χ0n) is 16.0. The van der Waals surface area contributed by atoms with Gasteiger partial charge in [0, 0.05) is 23.0 Å². The molecule has 3 nitrogen and oxygen atoms in total. The van der Waals surface area contributed by atoms with Crippen molar-refractivity contribution in [1.29, 1.82) is 0 Å². The third-order valence-electron chi connectivity index (χ3n) is 4.74. The zero-order valence-corrected chi connectivity index (χ0v) is 16.7. The molecule has 0 bridgehead atoms. The lowest BCUT2D eigenvalue weighted by Crippen LogP contribution is -2.26. The first-order valence-electron chi connectivity index (χ1n) is 9.06. The Bertz CT molecular complexity index is 1020. The Morgan fingerprint density at radius 3 is 2.38 bits per heavy atom. The van der Waals surface area contributed by atoms with Gasteiger partial charge in [-0.15, -0.1) is 0 Å². The van der Waals surface area contributed by atoms with Gasteiger partial charge in [-0.25, -0.2) is 0 Å². The van der Waals surface area contributed by atoms with Crippen LogP contribution in [0.15, 0.2) is 54.6 Å². The molecule has 0 radical (unpaired) electrons. The minimum Gasteiger partial charge on any atom is -0.352 e. The Hall–Kier alpha value is -2.73. The van der Waals surface area contributed by atoms with Crippen molar-refractivity contribution in [3.05, 3.63) is 87.7 Å². The summed E-state index contributed by atoms with van der Waals surface area (Å²) in [6.45, 7) is 3.74. The molecule has 0 fully saturated rings. The molecule has 0 aliphatic rings. The maximum atomic E-state index is 13.4. The van der Waals surface area contributed by atoms with Gasteiger partial charge in [0.2, 0.25) is 0 Å². The van der Waals surface area contributed by atoms with Gasteiger partial charge in [0.05, 0.1) is 16.8 Å². The Labute approximate surface area is 172 Å². The van der Waals surface area contributed by atoms with Crippen LogP contribution >= 0.6 is 11.6 Å². The lowest BCUT2D eigenvalue weighted by molar-refractivity contribution is -0.137. The highest BCUT2D eigenvalue weighted by atomic mass is 35.5. The van der Waals surface area contributed by atoms with Gasteiger partial charge in [0.25, 0.3) is 5.91 Å². The fraction of sp³-hybridized carbons (Fsp3) is 0.227. The number of carbonyl (C=O) groups excluding carboxylic acids is 1. The first kappa shape index (κ1) is 21.0. The molecule has 2 aromatic carbocycles. The predicted molar refractivity (Wildman–Crippen MR) is 108 cm³/mol. The number of para-hydroxylation sites is 1. The SMILES string of the molecule is Cc1cc(C(=O)NCCc2ccc(Cl)cc2)c(C)n1-c1ccccc1C(F)(F)F. The molecule has 1 amide bonds. The molecule has 1 N–H and O–H groups in total. The summed E-state index contributed by atoms with van der Waals surface area (Å²) >= 11 is 5.86. The van der Waals surface area contributed by atoms with Gasteiger partial charge in [-0.2, -0.15) is 13.2 Å². The monoisotopic (exact) mass is 420 g/mol. The molecular weight excluding hydrogens is 401 g/mol. The molecule has 0 saturated carbocycles. The molecular formula is C22H20ClF3N2O. The molecule has 0 spiro atoms. The Balaban J connectivity index is 1.81. The molecule has 0 aliphatic carbocycles. The molecule has 0 saturated heterocycles. The Morgan fingerprint density at radius 1 is 1.07 bits per heavy atom. The highest BCUT2D eigenvalue weighted by Gasteiger charge is 2.34. The summed E-state index contributed by atoms with van der Waals surface area (Å²) in [6.07, 6.45) is -3.86. The van der Waals surface area contributed by atoms with E-state index in [0.29, 0.717) is 34.9 Å². The number of nitrogens with one attached hydrogen (secondary N) is 1. The Morgan fingerprint density at radius 2 is 1.72 bits per heavy atom. The van der Waals surface area contributed by atoms with Gasteiger partial charge in [-0.3, -0.25) is 4.79 Å². The average Bonchev–Trinajstić information content (AvgIpc) is 2.97. The fourth-order valence-corrected chi connectivity index (χ4v) is 3.46. The van der Waals surface area contributed by atoms with Crippen LogP contribution in [0.2, 0.25) is 5.02 Å². The van der Waals surface area contributed by atoms with Gasteiger partial charge < -0.3 is 9.88 Å². The van der Waals surface area contributed by atoms with Crippen LogP contribution in [-0.2, 0) is 12.6 Å². The van der Waals surface area contributed by atoms with Crippen LogP contribution in [0, 0.1) is 13.8 Å². The second-order valence-corrected chi connectivity index (χ2v) is 7.20. The van der Waals surface area contributed by atoms with Crippen molar-refractivity contribution >= 4 is 17.5 Å². The predicted octanol–water partition coefficient (Wildman–Crippen LogP) is 5.74. The van der Waals surface area contributed by atoms with Crippen LogP contribution < -0.4 is 5.32 Å². The van der Waals surface area contributed by atoms with E-state index in [2.05, 4.69) is 5.32 Å². The van der Waals surface area contributed by atoms with Crippen molar-refractivity contribution in [1.82, 2.24) is 9.88 Å². The van der Waals surface area contributed by atoms with Crippen molar-refractivity contribution < 1.29 is 18.0 Å². The molecule has 152 valence electrons. The van der Waals surface area contributed by atoms with E-state index in [1.54, 1.807) is 38.1 Å². The number of halogens is 4. The van der Waals surface area contributed by atoms with Crippen molar-refractivity contribution in [2.75, 3.05) is 6.54 Å². The third kappa shape index (κ3) is 4.65. The number of nitrogens with zero attached hydrogens (tertiary/aromatic N) is 1. The number of hydrogen-bond acceptors (Lipinski definition) is 1. The number of carbonyl (C=O) groups is 1. The standard InChI is InChI=1S/C22H20ClF3N2O/c1-14-13-18(21(29)27-12-11-16-7-9-17(23)10-8-16)15(2)28(14)20-6-4-3-5-19(20)22(24,25)26/h3-10,13H,11-12H2,1-2H3,(H,27,29). The minimum atomic E-state index is -4.49. The summed E-state index contributed by atoms with van der Waals surface area (Å²) in [4.78, 5) is 12.6. The lowest BCUT2D eigenvalue weighted by atomic mass is 10.1. The molecule has 29 heavy (non-hydrogen) atoms. The summed E-state index contributed by atoms with van der Waals surface area (Å²) in [5.41, 5.74) is 1.67. The van der Waals surface area contributed by atoms with E-state index in [9.17, 15) is 18.0 Å². The number of benzene rings is 2. The Kier molecular flexibility index (Phi) is 6.03. The van der Waals surface area contributed by atoms with Crippen LogP contribution in [0.4, 0.5) is 13.2 Å². The summed E-state index contributed by atoms with van der Waals surface area (Å²) < 4.78 is 41.7. The van der Waals surface area contributed by atoms with Crippen LogP contribution in [0.1, 0.15) is 32.9 Å². The van der Waals surface area contributed by atoms with Gasteiger partial charge in [-0.1, -0.05) is 35.9 Å². The van der Waals surface area contributed by atoms with E-state index >= 15 is 0 Å². The highest BCUT2D eigenvalue weighted by molar-refractivity contribution is 6.30. The van der Waals surface area contributed by atoms with Gasteiger partial charge >= 0.3 is 6.18 Å². The van der Waals surface area contributed by atoms with E-state index in [0.717, 1.165) is 11.6 Å². The summed E-state index contributed by atoms with van der Waals surface area (Å²) in [7, 11) is 0. The molecule has 1 heterocycles. The largest absolute Gasteiger partial charge is 0.418 e. The number of alkyl halides is 3. The van der Waals surface area contributed by atoms with Crippen LogP contribution in [0.3, 0.4) is 0 Å². The smallest absolute Gasteiger partial charge is 0.352 e. The molecule has 7 heteroatoms. The first-order chi connectivity index (χ1) is 13.7. The molecule has 3 aromatic rings. The topological polar surface area (TPSA) is 34.0 Å². The lowest BCUT2D eigenvalue weighted by Gasteiger charge is -2.16. The highest BCUT2D eigenvalue weighted by Crippen LogP contribution is 2.35. The zero-order chi connectivity index (χ0) is 21.2. The van der Waals surface area contributed by atoms with Crippen molar-refractivity contribution in [2.24, 2.45) is 0 Å². The second kappa shape index (κ2) is 8.33. The minimum absolute atomic E-state index is 0.00946. The molecule has 3 rings (SSSR count). The summed E-state index contributed by atoms with van der Waals surface area (Å²) in [5.74, 6) is -0.317. The van der Waals surface area contributed by atoms with Crippen molar-refractivity contribution in [3.8, 4) is 5.69 Å². The van der Waals surface area contributed by atoms with E-state index < -0.39 is 11.7 Å². The van der Waals surface area contributed by atoms with E-state index in [4.69, 9.17) is 11.6 Å². The molecule has 1 aromatic heterocycles. The van der Waals surface area contributed by atoms with Crippen LogP contribution in [0.25, 0.3) is 5.69 Å². The normalized spacial score (nSPS) is 11.5. The van der Waals surface area contributed by atoms with Gasteiger partial charge in [0.15, 0.2) is 0 Å². The maximum Gasteiger partial charge on any atom is 0.418 e. The van der Waals surface area contributed by atoms with Crippen LogP contribution in [0.5, 0.6) is 0 Å². The van der Waals surface area contributed by atoms with E-state index in [1.165, 1.54) is 16.7 Å². The number of aromatic nitrogens is 1. The summed E-state index contributed by atoms with van der Waals surface area (Å²) in [6, 6.07) is 14.3. The average molecular weight is 421 g/mol. The van der Waals surface area contributed by atoms with Crippen molar-refractivity contribution in [2.45, 2.75) is 26.4 Å². The molecule has 0 aliphatic heterocycles. The summed E-state index contributed by atoms with van der Waals surface area (Å²) in [5, 5.41) is 3.48. The molecule has 0 unspecified atom stereocenters. The van der Waals surface area contributed by atoms with E-state index in [-0.39, 0.29) is 11.6 Å². The second-order valence-electron chi connectivity index (χ2n) is 6.77. The number of aryl methyl sites for hydroxylation is 1. The quantitative estimate of drug-likeness (QED) is 0.561. The van der Waals surface area contributed by atoms with Gasteiger partial charge in [-0.05, 0) is 56.2 Å². The fourth-order valence-electron chi connectivity index (χ4n) is 3.34. The number of hydrogen-bond donors (Lipinski definition) is 1. The van der Waals surface area contributed by atoms with Crippen LogP contribution in [-0.4, -0.2) is 17.0 Å². The van der Waals surface area contributed by atoms with E-state index in [1.807, 2.05) is 12.1 Å². The van der Waals surface area contributed by atoms with Crippen molar-refractivity contribution in [3.63, 3.8) is 0 Å². The number of rotatable bonds is 5. The van der Waals surface area contributed by atoms with Gasteiger partial charge in [0.1, 0.15) is 0 Å². The molecule has 0 atom stereocenters. The number of amides is 1.